The molecule has 1 aliphatic heterocycles. The van der Waals surface area contributed by atoms with Crippen LogP contribution in [0.2, 0.25) is 0 Å². The van der Waals surface area contributed by atoms with Crippen molar-refractivity contribution in [3.63, 3.8) is 0 Å². The van der Waals surface area contributed by atoms with E-state index in [0.29, 0.717) is 33.1 Å². The number of methoxy groups -OCH3 is 2. The predicted molar refractivity (Wildman–Crippen MR) is 167 cm³/mol. The molecule has 3 aromatic rings. The third-order valence-corrected chi connectivity index (χ3v) is 7.44. The van der Waals surface area contributed by atoms with Crippen molar-refractivity contribution in [2.45, 2.75) is 13.3 Å². The lowest BCUT2D eigenvalue weighted by molar-refractivity contribution is -0.123. The summed E-state index contributed by atoms with van der Waals surface area (Å²) in [7, 11) is 3.10. The van der Waals surface area contributed by atoms with Gasteiger partial charge in [-0.3, -0.25) is 14.5 Å². The van der Waals surface area contributed by atoms with Gasteiger partial charge in [0.05, 0.1) is 32.0 Å². The number of ether oxygens (including phenoxy) is 3. The van der Waals surface area contributed by atoms with Crippen molar-refractivity contribution in [1.82, 2.24) is 10.3 Å². The summed E-state index contributed by atoms with van der Waals surface area (Å²) in [6.45, 7) is 2.17. The lowest BCUT2D eigenvalue weighted by atomic mass is 10.1. The first-order chi connectivity index (χ1) is 19.9. The number of amides is 2. The van der Waals surface area contributed by atoms with Gasteiger partial charge in [0.25, 0.3) is 11.8 Å². The molecule has 0 unspecified atom stereocenters. The number of hydrogen-bond acceptors (Lipinski definition) is 9. The third kappa shape index (κ3) is 7.86. The molecule has 11 heteroatoms. The third-order valence-electron chi connectivity index (χ3n) is 6.06. The Bertz CT molecular complexity index is 1470. The van der Waals surface area contributed by atoms with Crippen molar-refractivity contribution in [2.75, 3.05) is 32.8 Å². The number of nitrogens with one attached hydrogen (secondary N) is 2. The van der Waals surface area contributed by atoms with Crippen molar-refractivity contribution in [2.24, 2.45) is 5.10 Å². The molecule has 0 radical (unpaired) electrons. The number of carbonyl (C=O) groups is 2. The van der Waals surface area contributed by atoms with E-state index in [-0.39, 0.29) is 12.5 Å². The first kappa shape index (κ1) is 29.6. The van der Waals surface area contributed by atoms with E-state index in [2.05, 4.69) is 28.8 Å². The highest BCUT2D eigenvalue weighted by Crippen LogP contribution is 2.33. The van der Waals surface area contributed by atoms with Crippen LogP contribution in [0.5, 0.6) is 17.2 Å². The summed E-state index contributed by atoms with van der Waals surface area (Å²) in [4.78, 5) is 27.2. The highest BCUT2D eigenvalue weighted by Gasteiger charge is 2.31. The van der Waals surface area contributed by atoms with Gasteiger partial charge in [-0.25, -0.2) is 5.43 Å². The number of carbonyl (C=O) groups excluding carboxylic acids is 2. The Balaban J connectivity index is 1.27. The van der Waals surface area contributed by atoms with Crippen LogP contribution in [-0.4, -0.2) is 54.7 Å². The van der Waals surface area contributed by atoms with E-state index in [1.165, 1.54) is 23.5 Å². The van der Waals surface area contributed by atoms with E-state index in [1.807, 2.05) is 30.3 Å². The Labute approximate surface area is 248 Å². The van der Waals surface area contributed by atoms with Gasteiger partial charge in [0.2, 0.25) is 0 Å². The van der Waals surface area contributed by atoms with Crippen molar-refractivity contribution >= 4 is 58.1 Å². The molecule has 1 fully saturated rings. The highest BCUT2D eigenvalue weighted by molar-refractivity contribution is 8.26. The number of anilines is 1. The van der Waals surface area contributed by atoms with Gasteiger partial charge in [0.15, 0.2) is 18.1 Å². The molecule has 1 heterocycles. The van der Waals surface area contributed by atoms with Crippen LogP contribution >= 0.6 is 24.0 Å². The fourth-order valence-corrected chi connectivity index (χ4v) is 5.16. The molecular weight excluding hydrogens is 560 g/mol. The summed E-state index contributed by atoms with van der Waals surface area (Å²) < 4.78 is 16.5. The molecule has 1 aliphatic rings. The number of thiocarbonyl (C=S) groups is 1. The minimum Gasteiger partial charge on any atom is -0.493 e. The number of thioether (sulfide) groups is 1. The molecule has 0 atom stereocenters. The highest BCUT2D eigenvalue weighted by atomic mass is 32.2. The molecule has 2 amide bonds. The van der Waals surface area contributed by atoms with E-state index in [9.17, 15) is 9.59 Å². The zero-order valence-electron chi connectivity index (χ0n) is 22.9. The predicted octanol–water partition coefficient (Wildman–Crippen LogP) is 5.07. The van der Waals surface area contributed by atoms with Gasteiger partial charge in [-0.1, -0.05) is 61.2 Å². The first-order valence-electron chi connectivity index (χ1n) is 12.8. The zero-order valence-corrected chi connectivity index (χ0v) is 24.5. The summed E-state index contributed by atoms with van der Waals surface area (Å²) in [5.41, 5.74) is 6.14. The average Bonchev–Trinajstić information content (AvgIpc) is 3.26. The van der Waals surface area contributed by atoms with Crippen LogP contribution in [0.1, 0.15) is 23.6 Å². The normalized spacial score (nSPS) is 14.0. The summed E-state index contributed by atoms with van der Waals surface area (Å²) in [6, 6.07) is 20.4. The summed E-state index contributed by atoms with van der Waals surface area (Å²) in [5, 5.41) is 7.27. The Morgan fingerprint density at radius 3 is 2.49 bits per heavy atom. The number of para-hydroxylation sites is 1. The molecule has 4 rings (SSSR count). The lowest BCUT2D eigenvalue weighted by Gasteiger charge is -2.17. The Kier molecular flexibility index (Phi) is 10.4. The summed E-state index contributed by atoms with van der Waals surface area (Å²) >= 11 is 6.72. The minimum atomic E-state index is -0.412. The fourth-order valence-electron chi connectivity index (χ4n) is 3.91. The molecule has 0 bridgehead atoms. The van der Waals surface area contributed by atoms with Crippen molar-refractivity contribution in [3.8, 4) is 17.2 Å². The maximum Gasteiger partial charge on any atom is 0.277 e. The maximum atomic E-state index is 13.0. The number of aryl methyl sites for hydroxylation is 1. The smallest absolute Gasteiger partial charge is 0.277 e. The number of rotatable bonds is 12. The standard InChI is InChI=1S/C30H30N4O5S2/c1-4-22-7-5-6-8-24(22)31-19-34-29(36)27(41-30(34)40)16-20-9-12-23(13-10-20)39-18-28(35)33-32-17-21-11-14-25(37-2)26(15-21)38-3/h5-17,31H,4,18-19H2,1-3H3,(H,33,35)/b27-16+,32-17+. The lowest BCUT2D eigenvalue weighted by Crippen LogP contribution is -2.33. The number of hydrazone groups is 1. The van der Waals surface area contributed by atoms with Crippen LogP contribution < -0.4 is 25.0 Å². The molecule has 1 saturated heterocycles. The monoisotopic (exact) mass is 590 g/mol. The van der Waals surface area contributed by atoms with E-state index in [1.54, 1.807) is 55.5 Å². The van der Waals surface area contributed by atoms with Crippen molar-refractivity contribution < 1.29 is 23.8 Å². The van der Waals surface area contributed by atoms with E-state index in [4.69, 9.17) is 26.4 Å². The van der Waals surface area contributed by atoms with Crippen LogP contribution in [0.4, 0.5) is 5.69 Å². The van der Waals surface area contributed by atoms with Crippen LogP contribution in [0.3, 0.4) is 0 Å². The van der Waals surface area contributed by atoms with Gasteiger partial charge in [-0.05, 0) is 65.6 Å². The Hall–Kier alpha value is -4.35. The van der Waals surface area contributed by atoms with E-state index in [0.717, 1.165) is 23.2 Å². The SMILES string of the molecule is CCc1ccccc1NCN1C(=O)/C(=C\c2ccc(OCC(=O)N/N=C/c3ccc(OC)c(OC)c3)cc2)SC1=S. The van der Waals surface area contributed by atoms with Crippen LogP contribution in [0.25, 0.3) is 6.08 Å². The second-order valence-corrected chi connectivity index (χ2v) is 10.4. The molecule has 41 heavy (non-hydrogen) atoms. The quantitative estimate of drug-likeness (QED) is 0.131. The second kappa shape index (κ2) is 14.3. The van der Waals surface area contributed by atoms with Gasteiger partial charge in [-0.2, -0.15) is 5.10 Å². The van der Waals surface area contributed by atoms with E-state index >= 15 is 0 Å². The maximum absolute atomic E-state index is 13.0. The Morgan fingerprint density at radius 1 is 1.02 bits per heavy atom. The fraction of sp³-hybridized carbons (Fsp3) is 0.200. The van der Waals surface area contributed by atoms with Gasteiger partial charge in [-0.15, -0.1) is 0 Å². The van der Waals surface area contributed by atoms with Crippen molar-refractivity contribution in [1.29, 1.82) is 0 Å². The number of hydrogen-bond donors (Lipinski definition) is 2. The van der Waals surface area contributed by atoms with Gasteiger partial charge in [0, 0.05) is 5.69 Å². The average molecular weight is 591 g/mol. The topological polar surface area (TPSA) is 101 Å². The molecule has 2 N–H and O–H groups in total. The summed E-state index contributed by atoms with van der Waals surface area (Å²) in [5.74, 6) is 1.11. The summed E-state index contributed by atoms with van der Waals surface area (Å²) in [6.07, 6.45) is 4.18. The van der Waals surface area contributed by atoms with Gasteiger partial charge >= 0.3 is 0 Å². The van der Waals surface area contributed by atoms with Gasteiger partial charge in [0.1, 0.15) is 10.1 Å². The number of nitrogens with zero attached hydrogens (tertiary/aromatic N) is 2. The first-order valence-corrected chi connectivity index (χ1v) is 14.0. The second-order valence-electron chi connectivity index (χ2n) is 8.72. The molecule has 0 spiro atoms. The molecule has 0 aliphatic carbocycles. The van der Waals surface area contributed by atoms with Crippen LogP contribution in [-0.2, 0) is 16.0 Å². The molecule has 3 aromatic carbocycles. The molecule has 212 valence electrons. The molecule has 0 saturated carbocycles. The number of benzene rings is 3. The van der Waals surface area contributed by atoms with Crippen LogP contribution in [0.15, 0.2) is 76.7 Å². The largest absolute Gasteiger partial charge is 0.493 e. The Morgan fingerprint density at radius 2 is 1.76 bits per heavy atom. The molecule has 0 aromatic heterocycles. The molecular formula is C30H30N4O5S2. The van der Waals surface area contributed by atoms with Crippen molar-refractivity contribution in [3.05, 3.63) is 88.3 Å². The van der Waals surface area contributed by atoms with Gasteiger partial charge < -0.3 is 19.5 Å². The minimum absolute atomic E-state index is 0.146. The van der Waals surface area contributed by atoms with Crippen LogP contribution in [0, 0.1) is 0 Å². The van der Waals surface area contributed by atoms with E-state index < -0.39 is 5.91 Å². The molecule has 9 nitrogen and oxygen atoms in total. The zero-order chi connectivity index (χ0) is 29.2.